The van der Waals surface area contributed by atoms with Crippen LogP contribution in [0.15, 0.2) is 23.1 Å². The fraction of sp³-hybridized carbons (Fsp3) is 0.419. The number of nitriles is 1. The van der Waals surface area contributed by atoms with Gasteiger partial charge in [0.1, 0.15) is 39.6 Å². The third kappa shape index (κ3) is 6.43. The highest BCUT2D eigenvalue weighted by Crippen LogP contribution is 2.43. The number of H-pyrrole nitrogens is 1. The molecule has 1 saturated heterocycles. The van der Waals surface area contributed by atoms with Crippen LogP contribution in [-0.2, 0) is 9.47 Å². The van der Waals surface area contributed by atoms with Crippen LogP contribution < -0.4 is 15.9 Å². The second-order valence-corrected chi connectivity index (χ2v) is 13.9. The zero-order chi connectivity index (χ0) is 33.7. The Bertz CT molecular complexity index is 1970. The fourth-order valence-corrected chi connectivity index (χ4v) is 6.28. The number of fused-ring (bicyclic) bond motifs is 2. The van der Waals surface area contributed by atoms with Crippen molar-refractivity contribution in [1.29, 1.82) is 5.26 Å². The van der Waals surface area contributed by atoms with E-state index in [1.54, 1.807) is 58.4 Å². The Balaban J connectivity index is 1.55. The number of amides is 2. The Labute approximate surface area is 266 Å². The van der Waals surface area contributed by atoms with Crippen LogP contribution in [-0.4, -0.2) is 69.4 Å². The standard InChI is InChI=1S/C31H33F2N7O5S/c1-30(2,3)44-28(42)38-26-17(12-34)20-16(8-9-19(32)24(20)46-26)22-21(33)23-18(13-35-22)25(37-27(41)36-23)39(7)15-10-11-40(14-15)29(43)45-31(4,5)6/h8-9,13,15H,10-11,14H2,1-7H3,(H,38,42)(H,36,37,41). The summed E-state index contributed by atoms with van der Waals surface area (Å²) in [6.07, 6.45) is 0.605. The highest BCUT2D eigenvalue weighted by molar-refractivity contribution is 7.23. The van der Waals surface area contributed by atoms with Crippen LogP contribution in [0.1, 0.15) is 53.5 Å². The second-order valence-electron chi connectivity index (χ2n) is 12.9. The maximum Gasteiger partial charge on any atom is 0.412 e. The Kier molecular flexibility index (Phi) is 8.37. The van der Waals surface area contributed by atoms with E-state index in [-0.39, 0.29) is 54.7 Å². The lowest BCUT2D eigenvalue weighted by Crippen LogP contribution is -2.39. The summed E-state index contributed by atoms with van der Waals surface area (Å²) in [5.41, 5.74) is -2.74. The first kappa shape index (κ1) is 32.6. The Morgan fingerprint density at radius 3 is 2.52 bits per heavy atom. The number of thiophene rings is 1. The van der Waals surface area contributed by atoms with Gasteiger partial charge in [-0.05, 0) is 60.1 Å². The van der Waals surface area contributed by atoms with Gasteiger partial charge < -0.3 is 24.3 Å². The van der Waals surface area contributed by atoms with Gasteiger partial charge in [0.05, 0.1) is 21.2 Å². The van der Waals surface area contributed by atoms with Gasteiger partial charge >= 0.3 is 17.9 Å². The monoisotopic (exact) mass is 653 g/mol. The number of aromatic nitrogens is 3. The summed E-state index contributed by atoms with van der Waals surface area (Å²) in [5.74, 6) is -1.44. The summed E-state index contributed by atoms with van der Waals surface area (Å²) < 4.78 is 42.1. The van der Waals surface area contributed by atoms with Crippen LogP contribution in [0.3, 0.4) is 0 Å². The van der Waals surface area contributed by atoms with E-state index in [9.17, 15) is 19.6 Å². The molecule has 0 radical (unpaired) electrons. The molecule has 0 saturated carbocycles. The van der Waals surface area contributed by atoms with Gasteiger partial charge in [-0.25, -0.2) is 23.2 Å². The first-order valence-corrected chi connectivity index (χ1v) is 15.2. The average molecular weight is 654 g/mol. The number of hydrogen-bond acceptors (Lipinski definition) is 10. The molecule has 4 aromatic rings. The summed E-state index contributed by atoms with van der Waals surface area (Å²) >= 11 is 0.805. The van der Waals surface area contributed by atoms with Crippen molar-refractivity contribution >= 4 is 55.3 Å². The number of benzene rings is 1. The zero-order valence-electron chi connectivity index (χ0n) is 26.4. The van der Waals surface area contributed by atoms with Crippen molar-refractivity contribution in [3.8, 4) is 17.3 Å². The quantitative estimate of drug-likeness (QED) is 0.264. The number of likely N-dealkylation sites (N-methyl/N-ethyl adjacent to an activating group) is 1. The molecule has 1 aromatic carbocycles. The Morgan fingerprint density at radius 2 is 1.87 bits per heavy atom. The van der Waals surface area contributed by atoms with Crippen LogP contribution in [0.5, 0.6) is 0 Å². The average Bonchev–Trinajstić information content (AvgIpc) is 3.57. The minimum atomic E-state index is -0.918. The van der Waals surface area contributed by atoms with E-state index in [4.69, 9.17) is 9.47 Å². The van der Waals surface area contributed by atoms with Crippen LogP contribution >= 0.6 is 11.3 Å². The molecule has 0 bridgehead atoms. The van der Waals surface area contributed by atoms with Crippen LogP contribution in [0.2, 0.25) is 0 Å². The molecule has 1 aliphatic heterocycles. The number of carbonyl (C=O) groups is 2. The molecule has 3 aromatic heterocycles. The molecular weight excluding hydrogens is 620 g/mol. The molecule has 1 aliphatic rings. The number of nitrogens with zero attached hydrogens (tertiary/aromatic N) is 5. The van der Waals surface area contributed by atoms with Crippen molar-refractivity contribution in [2.24, 2.45) is 0 Å². The van der Waals surface area contributed by atoms with Crippen molar-refractivity contribution in [1.82, 2.24) is 19.9 Å². The highest BCUT2D eigenvalue weighted by Gasteiger charge is 2.33. The number of hydrogen-bond donors (Lipinski definition) is 2. The van der Waals surface area contributed by atoms with Gasteiger partial charge in [-0.15, -0.1) is 11.3 Å². The predicted molar refractivity (Wildman–Crippen MR) is 170 cm³/mol. The molecule has 46 heavy (non-hydrogen) atoms. The summed E-state index contributed by atoms with van der Waals surface area (Å²) in [5, 5.41) is 12.8. The third-order valence-electron chi connectivity index (χ3n) is 7.17. The highest BCUT2D eigenvalue weighted by atomic mass is 32.1. The van der Waals surface area contributed by atoms with E-state index in [0.29, 0.717) is 19.5 Å². The van der Waals surface area contributed by atoms with Crippen molar-refractivity contribution in [2.75, 3.05) is 30.4 Å². The minimum absolute atomic E-state index is 0.000764. The molecule has 0 spiro atoms. The minimum Gasteiger partial charge on any atom is -0.444 e. The van der Waals surface area contributed by atoms with Gasteiger partial charge in [0.25, 0.3) is 0 Å². The van der Waals surface area contributed by atoms with Crippen LogP contribution in [0.25, 0.3) is 32.2 Å². The topological polar surface area (TPSA) is 154 Å². The van der Waals surface area contributed by atoms with E-state index in [0.717, 1.165) is 17.4 Å². The molecule has 1 atom stereocenters. The number of rotatable bonds is 4. The lowest BCUT2D eigenvalue weighted by atomic mass is 10.0. The SMILES string of the molecule is CN(c1nc(=O)[nH]c2c(F)c(-c3ccc(F)c4sc(NC(=O)OC(C)(C)C)c(C#N)c34)ncc12)C1CCN(C(=O)OC(C)(C)C)C1. The molecule has 15 heteroatoms. The van der Waals surface area contributed by atoms with Crippen molar-refractivity contribution in [3.63, 3.8) is 0 Å². The molecule has 0 aliphatic carbocycles. The van der Waals surface area contributed by atoms with Crippen molar-refractivity contribution in [3.05, 3.63) is 46.0 Å². The van der Waals surface area contributed by atoms with Gasteiger partial charge in [-0.3, -0.25) is 10.3 Å². The summed E-state index contributed by atoms with van der Waals surface area (Å²) in [4.78, 5) is 51.9. The number of carbonyl (C=O) groups excluding carboxylic acids is 2. The van der Waals surface area contributed by atoms with Crippen LogP contribution in [0, 0.1) is 23.0 Å². The number of likely N-dealkylation sites (tertiary alicyclic amines) is 1. The maximum absolute atomic E-state index is 16.3. The molecule has 242 valence electrons. The molecule has 2 N–H and O–H groups in total. The number of halogens is 2. The smallest absolute Gasteiger partial charge is 0.412 e. The molecular formula is C31H33F2N7O5S. The van der Waals surface area contributed by atoms with Gasteiger partial charge in [0.2, 0.25) is 0 Å². The Hall–Kier alpha value is -4.84. The predicted octanol–water partition coefficient (Wildman–Crippen LogP) is 6.14. The van der Waals surface area contributed by atoms with E-state index in [1.165, 1.54) is 12.3 Å². The fourth-order valence-electron chi connectivity index (χ4n) is 5.21. The first-order chi connectivity index (χ1) is 21.5. The number of anilines is 2. The van der Waals surface area contributed by atoms with Gasteiger partial charge in [-0.2, -0.15) is 10.2 Å². The van der Waals surface area contributed by atoms with E-state index < -0.39 is 40.7 Å². The summed E-state index contributed by atoms with van der Waals surface area (Å²) in [7, 11) is 1.70. The second kappa shape index (κ2) is 11.8. The summed E-state index contributed by atoms with van der Waals surface area (Å²) in [6.45, 7) is 11.1. The maximum atomic E-state index is 16.3. The van der Waals surface area contributed by atoms with Crippen LogP contribution in [0.4, 0.5) is 29.2 Å². The van der Waals surface area contributed by atoms with E-state index in [1.807, 2.05) is 6.07 Å². The van der Waals surface area contributed by atoms with Crippen molar-refractivity contribution in [2.45, 2.75) is 65.2 Å². The summed E-state index contributed by atoms with van der Waals surface area (Å²) in [6, 6.07) is 4.14. The molecule has 1 fully saturated rings. The molecule has 12 nitrogen and oxygen atoms in total. The number of nitrogens with one attached hydrogen (secondary N) is 2. The molecule has 4 heterocycles. The third-order valence-corrected chi connectivity index (χ3v) is 8.28. The van der Waals surface area contributed by atoms with Gasteiger partial charge in [0, 0.05) is 43.3 Å². The largest absolute Gasteiger partial charge is 0.444 e. The molecule has 5 rings (SSSR count). The van der Waals surface area contributed by atoms with Gasteiger partial charge in [0.15, 0.2) is 5.82 Å². The number of pyridine rings is 1. The number of ether oxygens (including phenoxy) is 2. The van der Waals surface area contributed by atoms with E-state index >= 15 is 8.78 Å². The zero-order valence-corrected chi connectivity index (χ0v) is 27.2. The molecule has 2 amide bonds. The van der Waals surface area contributed by atoms with Crippen molar-refractivity contribution < 1.29 is 27.8 Å². The first-order valence-electron chi connectivity index (χ1n) is 14.4. The lowest BCUT2D eigenvalue weighted by Gasteiger charge is -2.27. The lowest BCUT2D eigenvalue weighted by molar-refractivity contribution is 0.0292. The Morgan fingerprint density at radius 1 is 1.17 bits per heavy atom. The molecule has 1 unspecified atom stereocenters. The van der Waals surface area contributed by atoms with E-state index in [2.05, 4.69) is 20.3 Å². The normalized spacial score (nSPS) is 15.2. The number of aromatic amines is 1. The van der Waals surface area contributed by atoms with Gasteiger partial charge in [-0.1, -0.05) is 0 Å².